The van der Waals surface area contributed by atoms with Crippen LogP contribution in [0.2, 0.25) is 0 Å². The molecule has 1 aromatic carbocycles. The Bertz CT molecular complexity index is 583. The highest BCUT2D eigenvalue weighted by atomic mass is 16.6. The second kappa shape index (κ2) is 5.09. The van der Waals surface area contributed by atoms with Crippen molar-refractivity contribution in [2.45, 2.75) is 0 Å². The molecule has 1 heterocycles. The molecule has 0 amide bonds. The van der Waals surface area contributed by atoms with Crippen molar-refractivity contribution in [3.8, 4) is 0 Å². The Morgan fingerprint density at radius 3 is 2.33 bits per heavy atom. The Morgan fingerprint density at radius 1 is 1.17 bits per heavy atom. The SMILES string of the molecule is O=C(/C=C/c1ccc([N+](=O)[O-])cc1)n1cccc1. The summed E-state index contributed by atoms with van der Waals surface area (Å²) in [5.74, 6) is -0.168. The van der Waals surface area contributed by atoms with E-state index < -0.39 is 4.92 Å². The van der Waals surface area contributed by atoms with Crippen LogP contribution in [-0.2, 0) is 0 Å². The van der Waals surface area contributed by atoms with Crippen LogP contribution in [-0.4, -0.2) is 15.4 Å². The number of rotatable bonds is 3. The van der Waals surface area contributed by atoms with Crippen LogP contribution in [0.1, 0.15) is 10.4 Å². The standard InChI is InChI=1S/C13H10N2O3/c16-13(14-9-1-2-10-14)8-5-11-3-6-12(7-4-11)15(17)18/h1-10H/b8-5+. The summed E-state index contributed by atoms with van der Waals surface area (Å²) >= 11 is 0. The molecule has 2 rings (SSSR count). The average molecular weight is 242 g/mol. The minimum absolute atomic E-state index is 0.0314. The third-order valence-electron chi connectivity index (χ3n) is 2.38. The van der Waals surface area contributed by atoms with Gasteiger partial charge >= 0.3 is 0 Å². The van der Waals surface area contributed by atoms with Gasteiger partial charge in [-0.15, -0.1) is 0 Å². The summed E-state index contributed by atoms with van der Waals surface area (Å²) in [6.45, 7) is 0. The van der Waals surface area contributed by atoms with Gasteiger partial charge in [0, 0.05) is 30.6 Å². The van der Waals surface area contributed by atoms with Gasteiger partial charge in [0.1, 0.15) is 0 Å². The van der Waals surface area contributed by atoms with E-state index in [0.717, 1.165) is 5.56 Å². The van der Waals surface area contributed by atoms with E-state index in [9.17, 15) is 14.9 Å². The second-order valence-electron chi connectivity index (χ2n) is 3.61. The molecule has 5 nitrogen and oxygen atoms in total. The number of carbonyl (C=O) groups is 1. The van der Waals surface area contributed by atoms with E-state index in [1.165, 1.54) is 22.8 Å². The lowest BCUT2D eigenvalue weighted by Gasteiger charge is -1.95. The molecular weight excluding hydrogens is 232 g/mol. The van der Waals surface area contributed by atoms with Crippen LogP contribution in [0, 0.1) is 10.1 Å². The Labute approximate surface area is 103 Å². The molecule has 18 heavy (non-hydrogen) atoms. The molecule has 0 saturated heterocycles. The number of nitrogens with zero attached hydrogens (tertiary/aromatic N) is 2. The van der Waals surface area contributed by atoms with E-state index in [2.05, 4.69) is 0 Å². The van der Waals surface area contributed by atoms with Crippen LogP contribution < -0.4 is 0 Å². The number of aromatic nitrogens is 1. The van der Waals surface area contributed by atoms with Crippen molar-refractivity contribution in [1.82, 2.24) is 4.57 Å². The van der Waals surface area contributed by atoms with Crippen molar-refractivity contribution in [2.24, 2.45) is 0 Å². The molecule has 2 aromatic rings. The maximum Gasteiger partial charge on any atom is 0.269 e. The fourth-order valence-electron chi connectivity index (χ4n) is 1.44. The highest BCUT2D eigenvalue weighted by Gasteiger charge is 2.02. The molecule has 0 spiro atoms. The highest BCUT2D eigenvalue weighted by Crippen LogP contribution is 2.12. The summed E-state index contributed by atoms with van der Waals surface area (Å²) in [6.07, 6.45) is 6.35. The van der Waals surface area contributed by atoms with Gasteiger partial charge in [0.05, 0.1) is 4.92 Å². The van der Waals surface area contributed by atoms with Gasteiger partial charge in [0.2, 0.25) is 0 Å². The lowest BCUT2D eigenvalue weighted by molar-refractivity contribution is -0.384. The minimum Gasteiger partial charge on any atom is -0.291 e. The van der Waals surface area contributed by atoms with E-state index in [1.54, 1.807) is 42.7 Å². The number of benzene rings is 1. The molecule has 0 unspecified atom stereocenters. The Hall–Kier alpha value is -2.69. The Kier molecular flexibility index (Phi) is 3.33. The number of hydrogen-bond acceptors (Lipinski definition) is 3. The summed E-state index contributed by atoms with van der Waals surface area (Å²) in [5, 5.41) is 10.5. The van der Waals surface area contributed by atoms with Crippen molar-refractivity contribution >= 4 is 17.7 Å². The van der Waals surface area contributed by atoms with Crippen LogP contribution in [0.25, 0.3) is 6.08 Å². The van der Waals surface area contributed by atoms with Gasteiger partial charge in [0.15, 0.2) is 0 Å². The lowest BCUT2D eigenvalue weighted by atomic mass is 10.2. The average Bonchev–Trinajstić information content (AvgIpc) is 2.90. The monoisotopic (exact) mass is 242 g/mol. The van der Waals surface area contributed by atoms with Gasteiger partial charge in [-0.1, -0.05) is 0 Å². The van der Waals surface area contributed by atoms with Crippen LogP contribution in [0.4, 0.5) is 5.69 Å². The number of nitro benzene ring substituents is 1. The maximum absolute atomic E-state index is 11.6. The van der Waals surface area contributed by atoms with Crippen LogP contribution >= 0.6 is 0 Å². The van der Waals surface area contributed by atoms with Gasteiger partial charge in [-0.3, -0.25) is 19.5 Å². The quantitative estimate of drug-likeness (QED) is 0.472. The van der Waals surface area contributed by atoms with Gasteiger partial charge in [-0.2, -0.15) is 0 Å². The molecule has 90 valence electrons. The summed E-state index contributed by atoms with van der Waals surface area (Å²) in [4.78, 5) is 21.6. The molecule has 0 N–H and O–H groups in total. The largest absolute Gasteiger partial charge is 0.291 e. The van der Waals surface area contributed by atoms with E-state index in [-0.39, 0.29) is 11.6 Å². The molecule has 0 radical (unpaired) electrons. The molecule has 0 aliphatic carbocycles. The first-order chi connectivity index (χ1) is 8.66. The zero-order valence-corrected chi connectivity index (χ0v) is 9.39. The molecule has 0 fully saturated rings. The van der Waals surface area contributed by atoms with Crippen LogP contribution in [0.15, 0.2) is 54.9 Å². The number of hydrogen-bond donors (Lipinski definition) is 0. The predicted octanol–water partition coefficient (Wildman–Crippen LogP) is 2.75. The van der Waals surface area contributed by atoms with Gasteiger partial charge in [-0.05, 0) is 35.9 Å². The van der Waals surface area contributed by atoms with Gasteiger partial charge in [0.25, 0.3) is 11.6 Å². The van der Waals surface area contributed by atoms with Crippen LogP contribution in [0.3, 0.4) is 0 Å². The van der Waals surface area contributed by atoms with Gasteiger partial charge < -0.3 is 0 Å². The highest BCUT2D eigenvalue weighted by molar-refractivity contribution is 5.93. The summed E-state index contributed by atoms with van der Waals surface area (Å²) < 4.78 is 1.45. The van der Waals surface area contributed by atoms with E-state index in [4.69, 9.17) is 0 Å². The smallest absolute Gasteiger partial charge is 0.269 e. The Morgan fingerprint density at radius 2 is 1.78 bits per heavy atom. The van der Waals surface area contributed by atoms with E-state index >= 15 is 0 Å². The fourth-order valence-corrected chi connectivity index (χ4v) is 1.44. The fraction of sp³-hybridized carbons (Fsp3) is 0. The zero-order chi connectivity index (χ0) is 13.0. The first-order valence-electron chi connectivity index (χ1n) is 5.26. The van der Waals surface area contributed by atoms with Crippen molar-refractivity contribution in [2.75, 3.05) is 0 Å². The lowest BCUT2D eigenvalue weighted by Crippen LogP contribution is -2.03. The van der Waals surface area contributed by atoms with E-state index in [1.807, 2.05) is 0 Å². The molecule has 1 aromatic heterocycles. The van der Waals surface area contributed by atoms with E-state index in [0.29, 0.717) is 0 Å². The van der Waals surface area contributed by atoms with Crippen molar-refractivity contribution in [1.29, 1.82) is 0 Å². The molecule has 5 heteroatoms. The molecule has 0 aliphatic heterocycles. The topological polar surface area (TPSA) is 65.1 Å². The second-order valence-corrected chi connectivity index (χ2v) is 3.61. The number of non-ortho nitro benzene ring substituents is 1. The van der Waals surface area contributed by atoms with Gasteiger partial charge in [-0.25, -0.2) is 0 Å². The summed E-state index contributed by atoms with van der Waals surface area (Å²) in [5.41, 5.74) is 0.769. The molecule has 0 saturated carbocycles. The summed E-state index contributed by atoms with van der Waals surface area (Å²) in [6, 6.07) is 9.52. The Balaban J connectivity index is 2.09. The molecular formula is C13H10N2O3. The normalized spacial score (nSPS) is 10.7. The predicted molar refractivity (Wildman–Crippen MR) is 67.2 cm³/mol. The molecule has 0 aliphatic rings. The van der Waals surface area contributed by atoms with Crippen molar-refractivity contribution < 1.29 is 9.72 Å². The van der Waals surface area contributed by atoms with Crippen LogP contribution in [0.5, 0.6) is 0 Å². The van der Waals surface area contributed by atoms with Crippen molar-refractivity contribution in [3.63, 3.8) is 0 Å². The summed E-state index contributed by atoms with van der Waals surface area (Å²) in [7, 11) is 0. The minimum atomic E-state index is -0.460. The third-order valence-corrected chi connectivity index (χ3v) is 2.38. The zero-order valence-electron chi connectivity index (χ0n) is 9.39. The maximum atomic E-state index is 11.6. The molecule has 0 bridgehead atoms. The first-order valence-corrected chi connectivity index (χ1v) is 5.26. The first kappa shape index (κ1) is 11.8. The molecule has 0 atom stereocenters. The van der Waals surface area contributed by atoms with Crippen molar-refractivity contribution in [3.05, 3.63) is 70.5 Å². The number of allylic oxidation sites excluding steroid dienone is 1. The number of nitro groups is 1. The number of carbonyl (C=O) groups excluding carboxylic acids is 1. The third kappa shape index (κ3) is 2.70.